The quantitative estimate of drug-likeness (QED) is 0.333. The molecule has 162 valence electrons. The number of carbonyl (C=O) groups excluding carboxylic acids is 1. The van der Waals surface area contributed by atoms with Crippen LogP contribution in [0, 0.1) is 0 Å². The predicted octanol–water partition coefficient (Wildman–Crippen LogP) is 4.89. The third-order valence-electron chi connectivity index (χ3n) is 5.17. The number of allylic oxidation sites excluding steroid dienone is 2. The van der Waals surface area contributed by atoms with E-state index in [4.69, 9.17) is 13.9 Å². The van der Waals surface area contributed by atoms with Gasteiger partial charge in [0, 0.05) is 19.0 Å². The average molecular weight is 420 g/mol. The van der Waals surface area contributed by atoms with Gasteiger partial charge < -0.3 is 19.2 Å². The molecule has 0 fully saturated rings. The molecular formula is C23H37NO4Si. The van der Waals surface area contributed by atoms with Crippen LogP contribution in [0.2, 0.25) is 18.1 Å². The van der Waals surface area contributed by atoms with Gasteiger partial charge in [0.05, 0.1) is 20.3 Å². The smallest absolute Gasteiger partial charge is 0.243 e. The minimum Gasteiger partial charge on any atom is -0.493 e. The lowest BCUT2D eigenvalue weighted by Crippen LogP contribution is -2.44. The summed E-state index contributed by atoms with van der Waals surface area (Å²) in [5.41, 5.74) is 1.10. The summed E-state index contributed by atoms with van der Waals surface area (Å²) in [5.74, 6) is 1.31. The molecule has 0 aliphatic rings. The van der Waals surface area contributed by atoms with Crippen molar-refractivity contribution in [1.29, 1.82) is 0 Å². The number of amides is 1. The van der Waals surface area contributed by atoms with Crippen molar-refractivity contribution in [2.24, 2.45) is 0 Å². The number of hydrogen-bond donors (Lipinski definition) is 1. The molecule has 0 radical (unpaired) electrons. The molecule has 0 aromatic heterocycles. The van der Waals surface area contributed by atoms with Crippen LogP contribution in [-0.2, 0) is 15.6 Å². The summed E-state index contributed by atoms with van der Waals surface area (Å²) in [4.78, 5) is 11.6. The second kappa shape index (κ2) is 11.2. The third-order valence-corrected chi connectivity index (χ3v) is 9.68. The van der Waals surface area contributed by atoms with Gasteiger partial charge in [0.25, 0.3) is 0 Å². The molecule has 1 aromatic carbocycles. The first-order valence-corrected chi connectivity index (χ1v) is 13.0. The van der Waals surface area contributed by atoms with E-state index in [2.05, 4.69) is 39.2 Å². The maximum atomic E-state index is 11.6. The number of rotatable bonds is 10. The van der Waals surface area contributed by atoms with E-state index in [-0.39, 0.29) is 17.0 Å². The molecule has 5 nitrogen and oxygen atoms in total. The van der Waals surface area contributed by atoms with E-state index >= 15 is 0 Å². The fraction of sp³-hybridized carbons (Fsp3) is 0.522. The highest BCUT2D eigenvalue weighted by molar-refractivity contribution is 6.74. The molecule has 0 saturated heterocycles. The van der Waals surface area contributed by atoms with Crippen molar-refractivity contribution in [1.82, 2.24) is 5.32 Å². The van der Waals surface area contributed by atoms with Gasteiger partial charge in [-0.25, -0.2) is 0 Å². The van der Waals surface area contributed by atoms with Crippen LogP contribution in [0.5, 0.6) is 11.5 Å². The molecule has 6 heteroatoms. The monoisotopic (exact) mass is 419 g/mol. The third kappa shape index (κ3) is 8.07. The van der Waals surface area contributed by atoms with Crippen molar-refractivity contribution >= 4 is 14.2 Å². The number of hydrogen-bond acceptors (Lipinski definition) is 4. The van der Waals surface area contributed by atoms with Gasteiger partial charge in [-0.05, 0) is 42.8 Å². The lowest BCUT2D eigenvalue weighted by molar-refractivity contribution is -0.116. The fourth-order valence-corrected chi connectivity index (χ4v) is 3.78. The fourth-order valence-electron chi connectivity index (χ4n) is 2.51. The Morgan fingerprint density at radius 2 is 1.79 bits per heavy atom. The molecule has 0 spiro atoms. The van der Waals surface area contributed by atoms with Crippen LogP contribution in [0.4, 0.5) is 0 Å². The highest BCUT2D eigenvalue weighted by atomic mass is 28.4. The van der Waals surface area contributed by atoms with Gasteiger partial charge in [0.15, 0.2) is 19.8 Å². The zero-order chi connectivity index (χ0) is 22.1. The molecule has 0 heterocycles. The zero-order valence-corrected chi connectivity index (χ0v) is 20.2. The van der Waals surface area contributed by atoms with Gasteiger partial charge in [-0.3, -0.25) is 4.79 Å². The van der Waals surface area contributed by atoms with E-state index in [1.54, 1.807) is 20.3 Å². The summed E-state index contributed by atoms with van der Waals surface area (Å²) in [6.45, 7) is 13.7. The summed E-state index contributed by atoms with van der Waals surface area (Å²) in [6.07, 6.45) is 7.79. The number of carbonyl (C=O) groups is 1. The Hall–Kier alpha value is -2.05. The van der Waals surface area contributed by atoms with Crippen LogP contribution in [-0.4, -0.2) is 41.1 Å². The summed E-state index contributed by atoms with van der Waals surface area (Å²) < 4.78 is 17.4. The van der Waals surface area contributed by atoms with Crippen molar-refractivity contribution in [3.8, 4) is 11.5 Å². The average Bonchev–Trinajstić information content (AvgIpc) is 2.64. The second-order valence-corrected chi connectivity index (χ2v) is 13.2. The Morgan fingerprint density at radius 3 is 2.34 bits per heavy atom. The Morgan fingerprint density at radius 1 is 1.14 bits per heavy atom. The van der Waals surface area contributed by atoms with Crippen molar-refractivity contribution in [3.63, 3.8) is 0 Å². The maximum absolute atomic E-state index is 11.6. The van der Waals surface area contributed by atoms with E-state index in [1.807, 2.05) is 37.3 Å². The first-order valence-electron chi connectivity index (χ1n) is 10.1. The SMILES string of the molecule is CCNC(=O)/C=C/C=C/[C@@H](Cc1ccc(OC)c(OC)c1)O[Si](C)(C)C(C)(C)C. The molecule has 29 heavy (non-hydrogen) atoms. The molecule has 0 aliphatic carbocycles. The predicted molar refractivity (Wildman–Crippen MR) is 122 cm³/mol. The molecule has 0 saturated carbocycles. The van der Waals surface area contributed by atoms with Gasteiger partial charge in [-0.2, -0.15) is 0 Å². The van der Waals surface area contributed by atoms with Gasteiger partial charge in [0.1, 0.15) is 0 Å². The lowest BCUT2D eigenvalue weighted by atomic mass is 10.1. The molecule has 0 aliphatic heterocycles. The lowest BCUT2D eigenvalue weighted by Gasteiger charge is -2.38. The number of nitrogens with one attached hydrogen (secondary N) is 1. The largest absolute Gasteiger partial charge is 0.493 e. The number of methoxy groups -OCH3 is 2. The van der Waals surface area contributed by atoms with Crippen LogP contribution in [0.3, 0.4) is 0 Å². The zero-order valence-electron chi connectivity index (χ0n) is 19.2. The molecule has 1 amide bonds. The van der Waals surface area contributed by atoms with Gasteiger partial charge >= 0.3 is 0 Å². The highest BCUT2D eigenvalue weighted by Crippen LogP contribution is 2.38. The van der Waals surface area contributed by atoms with Crippen LogP contribution in [0.25, 0.3) is 0 Å². The number of ether oxygens (including phenoxy) is 2. The Bertz CT molecular complexity index is 720. The molecule has 1 rings (SSSR count). The van der Waals surface area contributed by atoms with Crippen molar-refractivity contribution in [2.75, 3.05) is 20.8 Å². The highest BCUT2D eigenvalue weighted by Gasteiger charge is 2.38. The van der Waals surface area contributed by atoms with Gasteiger partial charge in [-0.1, -0.05) is 45.1 Å². The van der Waals surface area contributed by atoms with Gasteiger partial charge in [-0.15, -0.1) is 0 Å². The van der Waals surface area contributed by atoms with E-state index < -0.39 is 8.32 Å². The summed E-state index contributed by atoms with van der Waals surface area (Å²) in [7, 11) is 1.30. The number of benzene rings is 1. The second-order valence-electron chi connectivity index (χ2n) is 8.45. The van der Waals surface area contributed by atoms with Crippen molar-refractivity contribution in [2.45, 2.75) is 58.4 Å². The topological polar surface area (TPSA) is 56.8 Å². The van der Waals surface area contributed by atoms with Crippen LogP contribution in [0.1, 0.15) is 33.3 Å². The van der Waals surface area contributed by atoms with E-state index in [0.29, 0.717) is 24.5 Å². The molecule has 0 unspecified atom stereocenters. The Labute approximate surface area is 177 Å². The van der Waals surface area contributed by atoms with Crippen LogP contribution in [0.15, 0.2) is 42.5 Å². The summed E-state index contributed by atoms with van der Waals surface area (Å²) in [5, 5.41) is 2.85. The molecule has 1 atom stereocenters. The summed E-state index contributed by atoms with van der Waals surface area (Å²) in [6, 6.07) is 5.93. The minimum atomic E-state index is -1.97. The molecular weight excluding hydrogens is 382 g/mol. The van der Waals surface area contributed by atoms with Crippen molar-refractivity contribution < 1.29 is 18.7 Å². The van der Waals surface area contributed by atoms with E-state index in [9.17, 15) is 4.79 Å². The normalized spacial score (nSPS) is 13.7. The first kappa shape index (κ1) is 25.0. The molecule has 1 N–H and O–H groups in total. The van der Waals surface area contributed by atoms with Crippen molar-refractivity contribution in [3.05, 3.63) is 48.1 Å². The van der Waals surface area contributed by atoms with Crippen LogP contribution < -0.4 is 14.8 Å². The van der Waals surface area contributed by atoms with E-state index in [1.165, 1.54) is 6.08 Å². The first-order chi connectivity index (χ1) is 13.5. The van der Waals surface area contributed by atoms with E-state index in [0.717, 1.165) is 5.56 Å². The molecule has 1 aromatic rings. The molecule has 0 bridgehead atoms. The maximum Gasteiger partial charge on any atom is 0.243 e. The Balaban J connectivity index is 3.05. The van der Waals surface area contributed by atoms with Crippen LogP contribution >= 0.6 is 0 Å². The summed E-state index contributed by atoms with van der Waals surface area (Å²) >= 11 is 0. The minimum absolute atomic E-state index is 0.0982. The standard InChI is InChI=1S/C23H37NO4Si/c1-9-24-22(25)13-11-10-12-19(28-29(7,8)23(2,3)4)16-18-14-15-20(26-5)21(17-18)27-6/h10-15,17,19H,9,16H2,1-8H3,(H,24,25)/b12-10+,13-11+/t19-/m0/s1. The Kier molecular flexibility index (Phi) is 9.66. The number of likely N-dealkylation sites (N-methyl/N-ethyl adjacent to an activating group) is 1. The van der Waals surface area contributed by atoms with Gasteiger partial charge in [0.2, 0.25) is 5.91 Å².